The Labute approximate surface area is 225 Å². The number of benzene rings is 1. The third-order valence-corrected chi connectivity index (χ3v) is 9.08. The molecule has 0 saturated carbocycles. The van der Waals surface area contributed by atoms with Gasteiger partial charge in [-0.3, -0.25) is 5.10 Å². The van der Waals surface area contributed by atoms with Crippen molar-refractivity contribution in [3.05, 3.63) is 47.5 Å². The molecule has 7 heteroatoms. The summed E-state index contributed by atoms with van der Waals surface area (Å²) in [5.74, 6) is 1.29. The standard InChI is InChI=1S/C31H41FN6/c1-19(2)29-25-15-24(22-8-11-37(12-9-22)18-21-6-13-38(14-7-21)20(3)4)27(32)16-28(25)35-30(29)23-5-10-33-31-26(23)17-34-36-31/h5,10,15-17,19-22,35H,6-9,11-14,18H2,1-4H3,(H,33,34,36). The maximum Gasteiger partial charge on any atom is 0.155 e. The lowest BCUT2D eigenvalue weighted by molar-refractivity contribution is 0.110. The Balaban J connectivity index is 1.22. The Morgan fingerprint density at radius 3 is 2.47 bits per heavy atom. The first-order chi connectivity index (χ1) is 18.4. The summed E-state index contributed by atoms with van der Waals surface area (Å²) in [7, 11) is 0. The van der Waals surface area contributed by atoms with Crippen molar-refractivity contribution >= 4 is 21.9 Å². The first kappa shape index (κ1) is 25.5. The van der Waals surface area contributed by atoms with Gasteiger partial charge in [-0.05, 0) is 113 Å². The largest absolute Gasteiger partial charge is 0.354 e. The number of piperidine rings is 2. The Morgan fingerprint density at radius 1 is 1.00 bits per heavy atom. The highest BCUT2D eigenvalue weighted by Crippen LogP contribution is 2.40. The molecule has 0 aliphatic carbocycles. The number of nitrogens with one attached hydrogen (secondary N) is 2. The second-order valence-electron chi connectivity index (χ2n) is 12.1. The van der Waals surface area contributed by atoms with Gasteiger partial charge in [0.05, 0.1) is 11.9 Å². The van der Waals surface area contributed by atoms with Gasteiger partial charge in [0.25, 0.3) is 0 Å². The summed E-state index contributed by atoms with van der Waals surface area (Å²) >= 11 is 0. The average molecular weight is 517 g/mol. The number of H-pyrrole nitrogens is 2. The zero-order valence-corrected chi connectivity index (χ0v) is 23.2. The maximum absolute atomic E-state index is 15.6. The topological polar surface area (TPSA) is 63.8 Å². The molecule has 6 rings (SSSR count). The quantitative estimate of drug-likeness (QED) is 0.300. The molecular weight excluding hydrogens is 475 g/mol. The van der Waals surface area contributed by atoms with Crippen LogP contribution in [0.1, 0.15) is 76.3 Å². The lowest BCUT2D eigenvalue weighted by atomic mass is 9.86. The van der Waals surface area contributed by atoms with Crippen molar-refractivity contribution in [2.24, 2.45) is 5.92 Å². The van der Waals surface area contributed by atoms with E-state index >= 15 is 4.39 Å². The van der Waals surface area contributed by atoms with E-state index in [9.17, 15) is 0 Å². The van der Waals surface area contributed by atoms with Crippen molar-refractivity contribution in [1.82, 2.24) is 30.0 Å². The van der Waals surface area contributed by atoms with E-state index in [1.807, 2.05) is 12.3 Å². The van der Waals surface area contributed by atoms with Crippen molar-refractivity contribution < 1.29 is 4.39 Å². The molecule has 0 radical (unpaired) electrons. The zero-order valence-electron chi connectivity index (χ0n) is 23.2. The number of halogens is 1. The normalized spacial score (nSPS) is 19.0. The SMILES string of the molecule is CC(C)c1c(-c2ccnc3[nH]ncc23)[nH]c2cc(F)c(C3CCN(CC4CCN(C(C)C)CC4)CC3)cc12. The predicted molar refractivity (Wildman–Crippen MR) is 153 cm³/mol. The van der Waals surface area contributed by atoms with Gasteiger partial charge in [-0.25, -0.2) is 9.37 Å². The maximum atomic E-state index is 15.6. The molecule has 5 heterocycles. The van der Waals surface area contributed by atoms with E-state index in [1.165, 1.54) is 38.0 Å². The molecule has 4 aromatic rings. The van der Waals surface area contributed by atoms with Crippen LogP contribution < -0.4 is 0 Å². The number of hydrogen-bond acceptors (Lipinski definition) is 4. The monoisotopic (exact) mass is 516 g/mol. The van der Waals surface area contributed by atoms with Crippen molar-refractivity contribution in [2.45, 2.75) is 71.3 Å². The number of hydrogen-bond donors (Lipinski definition) is 2. The first-order valence-electron chi connectivity index (χ1n) is 14.5. The van der Waals surface area contributed by atoms with Crippen LogP contribution in [0.25, 0.3) is 33.2 Å². The number of nitrogens with zero attached hydrogens (tertiary/aromatic N) is 4. The number of likely N-dealkylation sites (tertiary alicyclic amines) is 2. The number of fused-ring (bicyclic) bond motifs is 2. The summed E-state index contributed by atoms with van der Waals surface area (Å²) in [5, 5.41) is 9.27. The molecule has 0 bridgehead atoms. The van der Waals surface area contributed by atoms with Crippen LogP contribution in [-0.4, -0.2) is 68.7 Å². The second-order valence-corrected chi connectivity index (χ2v) is 12.1. The Morgan fingerprint density at radius 2 is 1.76 bits per heavy atom. The molecule has 6 nitrogen and oxygen atoms in total. The van der Waals surface area contributed by atoms with Crippen LogP contribution >= 0.6 is 0 Å². The molecule has 1 aromatic carbocycles. The minimum Gasteiger partial charge on any atom is -0.354 e. The fraction of sp³-hybridized carbons (Fsp3) is 0.548. The highest BCUT2D eigenvalue weighted by Gasteiger charge is 2.28. The molecule has 38 heavy (non-hydrogen) atoms. The van der Waals surface area contributed by atoms with E-state index < -0.39 is 0 Å². The lowest BCUT2D eigenvalue weighted by Gasteiger charge is -2.39. The summed E-state index contributed by atoms with van der Waals surface area (Å²) in [6.07, 6.45) is 8.29. The van der Waals surface area contributed by atoms with Gasteiger partial charge < -0.3 is 14.8 Å². The van der Waals surface area contributed by atoms with Crippen molar-refractivity contribution in [3.63, 3.8) is 0 Å². The molecule has 0 spiro atoms. The van der Waals surface area contributed by atoms with E-state index in [0.29, 0.717) is 6.04 Å². The summed E-state index contributed by atoms with van der Waals surface area (Å²) in [5.41, 5.74) is 5.85. The van der Waals surface area contributed by atoms with Gasteiger partial charge in [-0.15, -0.1) is 0 Å². The lowest BCUT2D eigenvalue weighted by Crippen LogP contribution is -2.43. The molecule has 2 saturated heterocycles. The highest BCUT2D eigenvalue weighted by atomic mass is 19.1. The van der Waals surface area contributed by atoms with Crippen molar-refractivity contribution in [3.8, 4) is 11.3 Å². The minimum absolute atomic E-state index is 0.0803. The van der Waals surface area contributed by atoms with Gasteiger partial charge in [0.2, 0.25) is 0 Å². The Bertz CT molecular complexity index is 1400. The van der Waals surface area contributed by atoms with Crippen LogP contribution in [0.5, 0.6) is 0 Å². The zero-order chi connectivity index (χ0) is 26.4. The van der Waals surface area contributed by atoms with E-state index in [1.54, 1.807) is 12.3 Å². The molecule has 2 aliphatic rings. The van der Waals surface area contributed by atoms with Crippen LogP contribution in [0.4, 0.5) is 4.39 Å². The van der Waals surface area contributed by atoms with E-state index in [-0.39, 0.29) is 17.7 Å². The molecule has 2 N–H and O–H groups in total. The third kappa shape index (κ3) is 4.75. The van der Waals surface area contributed by atoms with E-state index in [0.717, 1.165) is 70.6 Å². The van der Waals surface area contributed by atoms with Gasteiger partial charge in [0, 0.05) is 40.6 Å². The smallest absolute Gasteiger partial charge is 0.155 e. The third-order valence-electron chi connectivity index (χ3n) is 9.08. The molecule has 202 valence electrons. The number of aromatic amines is 2. The fourth-order valence-electron chi connectivity index (χ4n) is 6.89. The van der Waals surface area contributed by atoms with E-state index in [2.05, 4.69) is 63.7 Å². The molecule has 0 atom stereocenters. The van der Waals surface area contributed by atoms with Gasteiger partial charge in [0.15, 0.2) is 5.65 Å². The summed E-state index contributed by atoms with van der Waals surface area (Å²) in [4.78, 5) is 13.2. The van der Waals surface area contributed by atoms with Crippen LogP contribution in [0.15, 0.2) is 30.6 Å². The molecule has 2 fully saturated rings. The first-order valence-corrected chi connectivity index (χ1v) is 14.5. The van der Waals surface area contributed by atoms with Gasteiger partial charge in [0.1, 0.15) is 5.82 Å². The minimum atomic E-state index is -0.0803. The molecule has 3 aromatic heterocycles. The van der Waals surface area contributed by atoms with Gasteiger partial charge in [-0.1, -0.05) is 13.8 Å². The van der Waals surface area contributed by atoms with Crippen molar-refractivity contribution in [2.75, 3.05) is 32.7 Å². The van der Waals surface area contributed by atoms with Crippen LogP contribution in [0, 0.1) is 11.7 Å². The van der Waals surface area contributed by atoms with Crippen molar-refractivity contribution in [1.29, 1.82) is 0 Å². The highest BCUT2D eigenvalue weighted by molar-refractivity contribution is 5.98. The summed E-state index contributed by atoms with van der Waals surface area (Å²) in [6, 6.07) is 6.55. The van der Waals surface area contributed by atoms with Crippen LogP contribution in [0.2, 0.25) is 0 Å². The number of aromatic nitrogens is 4. The van der Waals surface area contributed by atoms with Gasteiger partial charge >= 0.3 is 0 Å². The molecule has 0 unspecified atom stereocenters. The Hall–Kier alpha value is -2.77. The van der Waals surface area contributed by atoms with E-state index in [4.69, 9.17) is 0 Å². The van der Waals surface area contributed by atoms with Crippen LogP contribution in [-0.2, 0) is 0 Å². The van der Waals surface area contributed by atoms with Crippen LogP contribution in [0.3, 0.4) is 0 Å². The average Bonchev–Trinajstić information content (AvgIpc) is 3.53. The Kier molecular flexibility index (Phi) is 6.99. The molecule has 0 amide bonds. The summed E-state index contributed by atoms with van der Waals surface area (Å²) in [6.45, 7) is 14.8. The number of rotatable bonds is 6. The molecular formula is C31H41FN6. The number of pyridine rings is 1. The van der Waals surface area contributed by atoms with Gasteiger partial charge in [-0.2, -0.15) is 5.10 Å². The molecule has 2 aliphatic heterocycles. The summed E-state index contributed by atoms with van der Waals surface area (Å²) < 4.78 is 15.6. The second kappa shape index (κ2) is 10.4. The predicted octanol–water partition coefficient (Wildman–Crippen LogP) is 6.67. The fourth-order valence-corrected chi connectivity index (χ4v) is 6.89.